The fraction of sp³-hybridized carbons (Fsp3) is 0.538. The molecule has 2 aliphatic heterocycles. The van der Waals surface area contributed by atoms with Crippen molar-refractivity contribution < 1.29 is 4.74 Å². The maximum absolute atomic E-state index is 5.62. The maximum atomic E-state index is 5.62. The molecule has 15 heavy (non-hydrogen) atoms. The molecule has 80 valence electrons. The first-order chi connectivity index (χ1) is 7.34. The maximum Gasteiger partial charge on any atom is 0.0616 e. The Morgan fingerprint density at radius 1 is 1.27 bits per heavy atom. The first-order valence-electron chi connectivity index (χ1n) is 5.78. The highest BCUT2D eigenvalue weighted by Crippen LogP contribution is 2.32. The predicted molar refractivity (Wildman–Crippen MR) is 59.8 cm³/mol. The molecule has 0 unspecified atom stereocenters. The van der Waals surface area contributed by atoms with E-state index in [1.54, 1.807) is 0 Å². The van der Waals surface area contributed by atoms with Crippen molar-refractivity contribution in [2.45, 2.75) is 38.5 Å². The molecule has 1 saturated heterocycles. The SMILES string of the molecule is C[C@@H]1OCC[C@@H]1c1ccc2c(c1)CNC2. The highest BCUT2D eigenvalue weighted by Gasteiger charge is 2.26. The Balaban J connectivity index is 1.92. The van der Waals surface area contributed by atoms with Crippen LogP contribution in [0, 0.1) is 0 Å². The summed E-state index contributed by atoms with van der Waals surface area (Å²) in [5.74, 6) is 0.607. The van der Waals surface area contributed by atoms with E-state index in [2.05, 4.69) is 30.4 Å². The van der Waals surface area contributed by atoms with Gasteiger partial charge in [-0.25, -0.2) is 0 Å². The Morgan fingerprint density at radius 3 is 2.93 bits per heavy atom. The molecule has 1 aromatic rings. The summed E-state index contributed by atoms with van der Waals surface area (Å²) in [6.07, 6.45) is 1.56. The zero-order valence-corrected chi connectivity index (χ0v) is 9.12. The van der Waals surface area contributed by atoms with Crippen molar-refractivity contribution in [1.82, 2.24) is 5.32 Å². The lowest BCUT2D eigenvalue weighted by Crippen LogP contribution is -2.09. The molecule has 0 spiro atoms. The lowest BCUT2D eigenvalue weighted by molar-refractivity contribution is 0.118. The van der Waals surface area contributed by atoms with Crippen molar-refractivity contribution in [1.29, 1.82) is 0 Å². The van der Waals surface area contributed by atoms with Gasteiger partial charge in [-0.1, -0.05) is 18.2 Å². The van der Waals surface area contributed by atoms with Crippen LogP contribution in [0.2, 0.25) is 0 Å². The van der Waals surface area contributed by atoms with Crippen LogP contribution < -0.4 is 5.32 Å². The molecule has 3 rings (SSSR count). The van der Waals surface area contributed by atoms with Crippen molar-refractivity contribution in [3.05, 3.63) is 34.9 Å². The van der Waals surface area contributed by atoms with Crippen LogP contribution in [0.3, 0.4) is 0 Å². The van der Waals surface area contributed by atoms with Gasteiger partial charge in [-0.2, -0.15) is 0 Å². The van der Waals surface area contributed by atoms with Crippen molar-refractivity contribution in [3.8, 4) is 0 Å². The third-order valence-electron chi connectivity index (χ3n) is 3.67. The molecule has 2 heteroatoms. The molecule has 1 aromatic carbocycles. The van der Waals surface area contributed by atoms with Gasteiger partial charge in [-0.15, -0.1) is 0 Å². The van der Waals surface area contributed by atoms with E-state index in [9.17, 15) is 0 Å². The van der Waals surface area contributed by atoms with E-state index in [0.29, 0.717) is 12.0 Å². The summed E-state index contributed by atoms with van der Waals surface area (Å²) in [5, 5.41) is 3.39. The number of hydrogen-bond acceptors (Lipinski definition) is 2. The van der Waals surface area contributed by atoms with E-state index in [4.69, 9.17) is 4.74 Å². The lowest BCUT2D eigenvalue weighted by atomic mass is 9.91. The van der Waals surface area contributed by atoms with Gasteiger partial charge < -0.3 is 10.1 Å². The second-order valence-corrected chi connectivity index (χ2v) is 4.60. The quantitative estimate of drug-likeness (QED) is 0.755. The summed E-state index contributed by atoms with van der Waals surface area (Å²) in [4.78, 5) is 0. The Morgan fingerprint density at radius 2 is 2.13 bits per heavy atom. The van der Waals surface area contributed by atoms with Crippen molar-refractivity contribution in [2.75, 3.05) is 6.61 Å². The normalized spacial score (nSPS) is 29.4. The highest BCUT2D eigenvalue weighted by atomic mass is 16.5. The first kappa shape index (κ1) is 9.37. The Bertz CT molecular complexity index is 375. The molecule has 1 N–H and O–H groups in total. The molecule has 0 amide bonds. The molecule has 0 radical (unpaired) electrons. The van der Waals surface area contributed by atoms with Crippen LogP contribution in [0.4, 0.5) is 0 Å². The molecule has 2 aliphatic rings. The predicted octanol–water partition coefficient (Wildman–Crippen LogP) is 2.18. The van der Waals surface area contributed by atoms with Gasteiger partial charge >= 0.3 is 0 Å². The van der Waals surface area contributed by atoms with Gasteiger partial charge in [-0.3, -0.25) is 0 Å². The number of nitrogens with one attached hydrogen (secondary N) is 1. The molecular weight excluding hydrogens is 186 g/mol. The van der Waals surface area contributed by atoms with E-state index >= 15 is 0 Å². The minimum Gasteiger partial charge on any atom is -0.378 e. The summed E-state index contributed by atoms with van der Waals surface area (Å²) >= 11 is 0. The standard InChI is InChI=1S/C13H17NO/c1-9-13(4-5-15-9)10-2-3-11-7-14-8-12(11)6-10/h2-3,6,9,13-14H,4-5,7-8H2,1H3/t9-,13-/m0/s1. The van der Waals surface area contributed by atoms with Crippen LogP contribution in [-0.4, -0.2) is 12.7 Å². The van der Waals surface area contributed by atoms with E-state index in [1.807, 2.05) is 0 Å². The second-order valence-electron chi connectivity index (χ2n) is 4.60. The van der Waals surface area contributed by atoms with Crippen LogP contribution in [0.5, 0.6) is 0 Å². The average molecular weight is 203 g/mol. The fourth-order valence-electron chi connectivity index (χ4n) is 2.71. The zero-order valence-electron chi connectivity index (χ0n) is 9.12. The third kappa shape index (κ3) is 1.58. The number of fused-ring (bicyclic) bond motifs is 1. The summed E-state index contributed by atoms with van der Waals surface area (Å²) in [7, 11) is 0. The van der Waals surface area contributed by atoms with E-state index in [0.717, 1.165) is 19.7 Å². The number of hydrogen-bond donors (Lipinski definition) is 1. The topological polar surface area (TPSA) is 21.3 Å². The molecule has 2 atom stereocenters. The van der Waals surface area contributed by atoms with Gasteiger partial charge in [-0.05, 0) is 30.0 Å². The zero-order chi connectivity index (χ0) is 10.3. The minimum atomic E-state index is 0.386. The van der Waals surface area contributed by atoms with Crippen LogP contribution in [0.15, 0.2) is 18.2 Å². The molecule has 0 saturated carbocycles. The van der Waals surface area contributed by atoms with Crippen LogP contribution >= 0.6 is 0 Å². The monoisotopic (exact) mass is 203 g/mol. The van der Waals surface area contributed by atoms with E-state index in [1.165, 1.54) is 23.1 Å². The van der Waals surface area contributed by atoms with Gasteiger partial charge in [0.15, 0.2) is 0 Å². The minimum absolute atomic E-state index is 0.386. The molecule has 0 bridgehead atoms. The van der Waals surface area contributed by atoms with Gasteiger partial charge in [0.2, 0.25) is 0 Å². The van der Waals surface area contributed by atoms with Gasteiger partial charge in [0.1, 0.15) is 0 Å². The fourth-order valence-corrected chi connectivity index (χ4v) is 2.71. The molecule has 2 nitrogen and oxygen atoms in total. The highest BCUT2D eigenvalue weighted by molar-refractivity contribution is 5.36. The molecule has 0 aromatic heterocycles. The molecule has 1 fully saturated rings. The third-order valence-corrected chi connectivity index (χ3v) is 3.67. The Kier molecular flexibility index (Phi) is 2.26. The van der Waals surface area contributed by atoms with E-state index < -0.39 is 0 Å². The summed E-state index contributed by atoms with van der Waals surface area (Å²) < 4.78 is 5.62. The largest absolute Gasteiger partial charge is 0.378 e. The van der Waals surface area contributed by atoms with Crippen LogP contribution in [-0.2, 0) is 17.8 Å². The average Bonchev–Trinajstić information content (AvgIpc) is 2.84. The second kappa shape index (κ2) is 3.62. The number of benzene rings is 1. The smallest absolute Gasteiger partial charge is 0.0616 e. The summed E-state index contributed by atoms with van der Waals surface area (Å²) in [6, 6.07) is 6.92. The molecular formula is C13H17NO. The van der Waals surface area contributed by atoms with Crippen LogP contribution in [0.1, 0.15) is 36.0 Å². The Hall–Kier alpha value is -0.860. The van der Waals surface area contributed by atoms with Gasteiger partial charge in [0.05, 0.1) is 6.10 Å². The number of ether oxygens (including phenoxy) is 1. The lowest BCUT2D eigenvalue weighted by Gasteiger charge is -2.15. The first-order valence-corrected chi connectivity index (χ1v) is 5.78. The number of rotatable bonds is 1. The summed E-state index contributed by atoms with van der Waals surface area (Å²) in [5.41, 5.74) is 4.40. The molecule has 2 heterocycles. The summed E-state index contributed by atoms with van der Waals surface area (Å²) in [6.45, 7) is 5.17. The van der Waals surface area contributed by atoms with Crippen LogP contribution in [0.25, 0.3) is 0 Å². The van der Waals surface area contributed by atoms with E-state index in [-0.39, 0.29) is 0 Å². The van der Waals surface area contributed by atoms with Gasteiger partial charge in [0.25, 0.3) is 0 Å². The molecule has 0 aliphatic carbocycles. The van der Waals surface area contributed by atoms with Crippen molar-refractivity contribution in [3.63, 3.8) is 0 Å². The van der Waals surface area contributed by atoms with Crippen molar-refractivity contribution in [2.24, 2.45) is 0 Å². The van der Waals surface area contributed by atoms with Crippen molar-refractivity contribution >= 4 is 0 Å². The van der Waals surface area contributed by atoms with Gasteiger partial charge in [0, 0.05) is 25.6 Å². The Labute approximate surface area is 90.6 Å².